The number of carbonyl (C=O) groups excluding carboxylic acids is 5. The van der Waals surface area contributed by atoms with Gasteiger partial charge >= 0.3 is 0 Å². The molecular formula is C45H47N5O10. The van der Waals surface area contributed by atoms with Gasteiger partial charge in [-0.1, -0.05) is 12.1 Å². The van der Waals surface area contributed by atoms with E-state index in [0.29, 0.717) is 68.1 Å². The minimum Gasteiger partial charge on any atom is -0.507 e. The van der Waals surface area contributed by atoms with Crippen molar-refractivity contribution in [1.82, 2.24) is 20.0 Å². The summed E-state index contributed by atoms with van der Waals surface area (Å²) in [4.78, 5) is 84.1. The van der Waals surface area contributed by atoms with E-state index in [1.165, 1.54) is 25.3 Å². The average molecular weight is 818 g/mol. The Labute approximate surface area is 346 Å². The molecule has 1 atom stereocenters. The fourth-order valence-corrected chi connectivity index (χ4v) is 8.45. The van der Waals surface area contributed by atoms with E-state index in [-0.39, 0.29) is 58.8 Å². The first-order chi connectivity index (χ1) is 29.0. The van der Waals surface area contributed by atoms with Gasteiger partial charge in [-0.05, 0) is 81.1 Å². The fourth-order valence-electron chi connectivity index (χ4n) is 8.45. The summed E-state index contributed by atoms with van der Waals surface area (Å²) in [6, 6.07) is 14.4. The maximum Gasteiger partial charge on any atom is 0.266 e. The summed E-state index contributed by atoms with van der Waals surface area (Å²) < 4.78 is 18.0. The van der Waals surface area contributed by atoms with Crippen molar-refractivity contribution >= 4 is 51.8 Å². The van der Waals surface area contributed by atoms with E-state index in [4.69, 9.17) is 13.9 Å². The third-order valence-electron chi connectivity index (χ3n) is 11.8. The Morgan fingerprint density at radius 2 is 1.67 bits per heavy atom. The fraction of sp³-hybridized carbons (Fsp3) is 0.378. The zero-order chi connectivity index (χ0) is 42.1. The van der Waals surface area contributed by atoms with Crippen molar-refractivity contribution in [3.8, 4) is 28.6 Å². The van der Waals surface area contributed by atoms with Crippen molar-refractivity contribution in [1.29, 1.82) is 0 Å². The van der Waals surface area contributed by atoms with E-state index in [9.17, 15) is 33.9 Å². The number of piperidine rings is 1. The number of hydrogen-bond donors (Lipinski definition) is 2. The molecule has 5 amide bonds. The maximum atomic E-state index is 13.4. The number of anilines is 1. The molecule has 0 aliphatic carbocycles. The topological polar surface area (TPSA) is 179 Å². The van der Waals surface area contributed by atoms with Gasteiger partial charge in [0.05, 0.1) is 30.4 Å². The predicted molar refractivity (Wildman–Crippen MR) is 222 cm³/mol. The van der Waals surface area contributed by atoms with Crippen molar-refractivity contribution in [3.05, 3.63) is 87.6 Å². The molecule has 4 aliphatic rings. The number of methoxy groups -OCH3 is 1. The van der Waals surface area contributed by atoms with Gasteiger partial charge in [-0.3, -0.25) is 39.0 Å². The van der Waals surface area contributed by atoms with Crippen molar-refractivity contribution in [3.63, 3.8) is 0 Å². The number of unbranched alkanes of at least 4 members (excludes halogenated alkanes) is 2. The summed E-state index contributed by atoms with van der Waals surface area (Å²) in [5, 5.41) is 13.1. The molecule has 2 N–H and O–H groups in total. The molecule has 5 heterocycles. The van der Waals surface area contributed by atoms with Crippen molar-refractivity contribution in [2.75, 3.05) is 64.9 Å². The van der Waals surface area contributed by atoms with Gasteiger partial charge in [-0.15, -0.1) is 0 Å². The van der Waals surface area contributed by atoms with Crippen LogP contribution in [0.4, 0.5) is 5.69 Å². The first-order valence-corrected chi connectivity index (χ1v) is 20.4. The lowest BCUT2D eigenvalue weighted by atomic mass is 9.95. The second-order valence-electron chi connectivity index (χ2n) is 15.6. The summed E-state index contributed by atoms with van der Waals surface area (Å²) in [6.45, 7) is 4.38. The molecule has 15 heteroatoms. The van der Waals surface area contributed by atoms with Crippen molar-refractivity contribution in [2.45, 2.75) is 51.0 Å². The van der Waals surface area contributed by atoms with Crippen LogP contribution in [0.1, 0.15) is 71.2 Å². The van der Waals surface area contributed by atoms with E-state index in [2.05, 4.69) is 21.2 Å². The van der Waals surface area contributed by atoms with Crippen LogP contribution in [0.5, 0.6) is 17.2 Å². The molecular weight excluding hydrogens is 771 g/mol. The Morgan fingerprint density at radius 3 is 2.38 bits per heavy atom. The molecule has 1 aromatic heterocycles. The average Bonchev–Trinajstić information content (AvgIpc) is 3.51. The molecule has 60 heavy (non-hydrogen) atoms. The van der Waals surface area contributed by atoms with E-state index < -0.39 is 29.7 Å². The maximum absolute atomic E-state index is 13.4. The molecule has 0 saturated carbocycles. The van der Waals surface area contributed by atoms with Gasteiger partial charge in [0.15, 0.2) is 11.0 Å². The van der Waals surface area contributed by atoms with E-state index in [1.807, 2.05) is 36.2 Å². The number of nitrogens with one attached hydrogen (secondary N) is 1. The van der Waals surface area contributed by atoms with Crippen molar-refractivity contribution < 1.29 is 43.0 Å². The number of nitrogens with zero attached hydrogens (tertiary/aromatic N) is 4. The van der Waals surface area contributed by atoms with Crippen LogP contribution >= 0.6 is 0 Å². The third-order valence-corrected chi connectivity index (χ3v) is 11.8. The number of ether oxygens (including phenoxy) is 2. The Kier molecular flexibility index (Phi) is 11.4. The van der Waals surface area contributed by atoms with Gasteiger partial charge in [0, 0.05) is 75.5 Å². The Balaban J connectivity index is 0.819. The van der Waals surface area contributed by atoms with Crippen LogP contribution in [0.25, 0.3) is 27.9 Å². The Bertz CT molecular complexity index is 2470. The predicted octanol–water partition coefficient (Wildman–Crippen LogP) is 4.58. The van der Waals surface area contributed by atoms with Gasteiger partial charge < -0.3 is 33.7 Å². The van der Waals surface area contributed by atoms with Gasteiger partial charge in [0.25, 0.3) is 11.8 Å². The molecule has 0 radical (unpaired) electrons. The molecule has 8 rings (SSSR count). The largest absolute Gasteiger partial charge is 0.507 e. The highest BCUT2D eigenvalue weighted by atomic mass is 16.5. The Morgan fingerprint density at radius 1 is 0.883 bits per heavy atom. The summed E-state index contributed by atoms with van der Waals surface area (Å²) in [5.74, 6) is -1.29. The number of phenols is 1. The second-order valence-corrected chi connectivity index (χ2v) is 15.6. The number of carbonyl (C=O) groups is 5. The molecule has 1 unspecified atom stereocenters. The van der Waals surface area contributed by atoms with Crippen LogP contribution in [-0.2, 0) is 14.4 Å². The molecule has 4 aliphatic heterocycles. The van der Waals surface area contributed by atoms with Gasteiger partial charge in [-0.25, -0.2) is 0 Å². The highest BCUT2D eigenvalue weighted by Crippen LogP contribution is 2.41. The summed E-state index contributed by atoms with van der Waals surface area (Å²) in [6.07, 6.45) is 5.40. The summed E-state index contributed by atoms with van der Waals surface area (Å²) in [7, 11) is 3.58. The number of imide groups is 2. The zero-order valence-corrected chi connectivity index (χ0v) is 33.7. The highest BCUT2D eigenvalue weighted by molar-refractivity contribution is 6.24. The quantitative estimate of drug-likeness (QED) is 0.150. The van der Waals surface area contributed by atoms with E-state index >= 15 is 0 Å². The zero-order valence-electron chi connectivity index (χ0n) is 33.7. The molecule has 0 bridgehead atoms. The molecule has 3 aromatic carbocycles. The summed E-state index contributed by atoms with van der Waals surface area (Å²) in [5.41, 5.74) is 3.64. The number of piperazine rings is 1. The van der Waals surface area contributed by atoms with Crippen molar-refractivity contribution in [2.24, 2.45) is 0 Å². The molecule has 15 nitrogen and oxygen atoms in total. The molecule has 4 aromatic rings. The number of fused-ring (bicyclic) bond motifs is 2. The second kappa shape index (κ2) is 17.0. The molecule has 0 spiro atoms. The lowest BCUT2D eigenvalue weighted by Gasteiger charge is -2.36. The third kappa shape index (κ3) is 7.84. The van der Waals surface area contributed by atoms with Crippen LogP contribution in [-0.4, -0.2) is 115 Å². The Hall–Kier alpha value is -6.48. The van der Waals surface area contributed by atoms with Gasteiger partial charge in [0.1, 0.15) is 34.4 Å². The lowest BCUT2D eigenvalue weighted by Crippen LogP contribution is -2.54. The first kappa shape index (κ1) is 40.3. The van der Waals surface area contributed by atoms with Gasteiger partial charge in [-0.2, -0.15) is 0 Å². The van der Waals surface area contributed by atoms with Crippen LogP contribution in [0.2, 0.25) is 0 Å². The van der Waals surface area contributed by atoms with Crippen LogP contribution in [0.15, 0.2) is 69.9 Å². The number of phenolic OH excluding ortho intramolecular Hbond substituents is 1. The number of rotatable bonds is 12. The normalized spacial score (nSPS) is 18.5. The molecule has 312 valence electrons. The molecule has 2 fully saturated rings. The number of amides is 5. The van der Waals surface area contributed by atoms with Crippen LogP contribution in [0, 0.1) is 0 Å². The SMILES string of the molecule is COc1cc(O)c2c(=O)cc(-c3ccc(N4CCN(C(=O)CCCCCOc5cccc6c5C(=O)N(C5CCC(=O)NC5=O)C6=O)CC4)cc3)oc2c1C1=CCN(C)CC1. The number of benzene rings is 3. The van der Waals surface area contributed by atoms with Gasteiger partial charge in [0.2, 0.25) is 17.7 Å². The highest BCUT2D eigenvalue weighted by Gasteiger charge is 2.46. The standard InChI is InChI=1S/C45H47N5O10/c1-47-18-16-28(17-19-47)39-36(58-2)26-33(52)41-32(51)25-35(60-42(39)41)27-10-12-29(13-11-27)48-20-22-49(23-21-48)38(54)9-4-3-5-24-59-34-8-6-7-30-40(34)45(57)50(44(30)56)31-14-15-37(53)46-43(31)55/h6-8,10-13,16,25-26,31,52H,3-5,9,14-15,17-24H2,1-2H3,(H,46,53,55). The lowest BCUT2D eigenvalue weighted by molar-refractivity contribution is -0.136. The summed E-state index contributed by atoms with van der Waals surface area (Å²) >= 11 is 0. The molecule has 2 saturated heterocycles. The first-order valence-electron chi connectivity index (χ1n) is 20.4. The van der Waals surface area contributed by atoms with E-state index in [0.717, 1.165) is 47.7 Å². The minimum atomic E-state index is -1.05. The number of aromatic hydroxyl groups is 1. The number of hydrogen-bond acceptors (Lipinski definition) is 12. The monoisotopic (exact) mass is 817 g/mol. The smallest absolute Gasteiger partial charge is 0.266 e. The van der Waals surface area contributed by atoms with E-state index in [1.54, 1.807) is 12.1 Å². The minimum absolute atomic E-state index is 0.0440. The number of likely N-dealkylation sites (N-methyl/N-ethyl adjacent to an activating group) is 1. The van der Waals surface area contributed by atoms with Crippen LogP contribution < -0.4 is 25.1 Å². The van der Waals surface area contributed by atoms with Crippen LogP contribution in [0.3, 0.4) is 0 Å².